The molecule has 2 rings (SSSR count). The highest BCUT2D eigenvalue weighted by Crippen LogP contribution is 2.22. The van der Waals surface area contributed by atoms with E-state index in [2.05, 4.69) is 15.2 Å². The Hall–Kier alpha value is -1.09. The zero-order valence-corrected chi connectivity index (χ0v) is 13.1. The maximum Gasteiger partial charge on any atom is 0.294 e. The third-order valence-corrected chi connectivity index (χ3v) is 6.51. The summed E-state index contributed by atoms with van der Waals surface area (Å²) in [6.45, 7) is 3.90. The van der Waals surface area contributed by atoms with Crippen molar-refractivity contribution in [2.45, 2.75) is 25.6 Å². The highest BCUT2D eigenvalue weighted by Gasteiger charge is 2.37. The molecule has 1 N–H and O–H groups in total. The van der Waals surface area contributed by atoms with E-state index >= 15 is 0 Å². The quantitative estimate of drug-likeness (QED) is 0.859. The van der Waals surface area contributed by atoms with Crippen molar-refractivity contribution in [2.75, 3.05) is 23.8 Å². The van der Waals surface area contributed by atoms with Crippen LogP contribution in [-0.2, 0) is 16.3 Å². The van der Waals surface area contributed by atoms with E-state index < -0.39 is 21.1 Å². The Labute approximate surface area is 122 Å². The molecule has 1 aromatic heterocycles. The first-order chi connectivity index (χ1) is 9.49. The molecule has 0 aromatic carbocycles. The standard InChI is InChI=1S/C11H18N4O3S2/c1-3-8-12-10(14-13-8)11(16)15-5-6-19-7-9(15)20(17,18)4-2/h9H,3-7H2,1-2H3,(H,12,13,14). The van der Waals surface area contributed by atoms with Crippen LogP contribution in [0.3, 0.4) is 0 Å². The Morgan fingerprint density at radius 2 is 2.25 bits per heavy atom. The second-order valence-electron chi connectivity index (χ2n) is 4.44. The normalized spacial score (nSPS) is 20.1. The summed E-state index contributed by atoms with van der Waals surface area (Å²) in [7, 11) is -3.30. The Morgan fingerprint density at radius 3 is 2.85 bits per heavy atom. The zero-order chi connectivity index (χ0) is 14.8. The molecule has 0 saturated carbocycles. The molecule has 1 atom stereocenters. The van der Waals surface area contributed by atoms with Crippen LogP contribution in [-0.4, -0.2) is 63.6 Å². The zero-order valence-electron chi connectivity index (χ0n) is 11.5. The molecule has 1 unspecified atom stereocenters. The van der Waals surface area contributed by atoms with Crippen molar-refractivity contribution < 1.29 is 13.2 Å². The van der Waals surface area contributed by atoms with E-state index in [1.54, 1.807) is 18.7 Å². The number of carbonyl (C=O) groups is 1. The molecule has 1 amide bonds. The third-order valence-electron chi connectivity index (χ3n) is 3.22. The summed E-state index contributed by atoms with van der Waals surface area (Å²) in [4.78, 5) is 17.9. The fourth-order valence-corrected chi connectivity index (χ4v) is 4.95. The number of sulfone groups is 1. The lowest BCUT2D eigenvalue weighted by molar-refractivity contribution is 0.0737. The molecule has 2 heterocycles. The van der Waals surface area contributed by atoms with Crippen LogP contribution in [0.1, 0.15) is 30.3 Å². The summed E-state index contributed by atoms with van der Waals surface area (Å²) in [5.74, 6) is 1.42. The van der Waals surface area contributed by atoms with Crippen molar-refractivity contribution in [3.05, 3.63) is 11.6 Å². The van der Waals surface area contributed by atoms with Crippen molar-refractivity contribution in [3.8, 4) is 0 Å². The molecule has 1 fully saturated rings. The minimum absolute atomic E-state index is 0.0240. The third kappa shape index (κ3) is 2.98. The second-order valence-corrected chi connectivity index (χ2v) is 8.04. The fraction of sp³-hybridized carbons (Fsp3) is 0.727. The number of aromatic amines is 1. The van der Waals surface area contributed by atoms with Crippen LogP contribution < -0.4 is 0 Å². The van der Waals surface area contributed by atoms with Gasteiger partial charge in [0.15, 0.2) is 9.84 Å². The molecule has 9 heteroatoms. The Balaban J connectivity index is 2.26. The van der Waals surface area contributed by atoms with Crippen molar-refractivity contribution in [3.63, 3.8) is 0 Å². The van der Waals surface area contributed by atoms with Crippen LogP contribution in [0.15, 0.2) is 0 Å². The van der Waals surface area contributed by atoms with Gasteiger partial charge in [-0.05, 0) is 0 Å². The van der Waals surface area contributed by atoms with Gasteiger partial charge in [0.25, 0.3) is 5.91 Å². The number of hydrogen-bond donors (Lipinski definition) is 1. The maximum absolute atomic E-state index is 12.4. The van der Waals surface area contributed by atoms with Crippen LogP contribution in [0.25, 0.3) is 0 Å². The monoisotopic (exact) mass is 318 g/mol. The molecule has 1 saturated heterocycles. The average Bonchev–Trinajstić information content (AvgIpc) is 2.95. The highest BCUT2D eigenvalue weighted by molar-refractivity contribution is 8.01. The number of aryl methyl sites for hydroxylation is 1. The van der Waals surface area contributed by atoms with Gasteiger partial charge in [-0.15, -0.1) is 5.10 Å². The Kier molecular flexibility index (Phi) is 4.69. The minimum Gasteiger partial charge on any atom is -0.317 e. The molecular formula is C11H18N4O3S2. The van der Waals surface area contributed by atoms with Crippen LogP contribution in [0.2, 0.25) is 0 Å². The number of H-pyrrole nitrogens is 1. The number of rotatable bonds is 4. The number of aromatic nitrogens is 3. The van der Waals surface area contributed by atoms with Crippen molar-refractivity contribution in [1.29, 1.82) is 0 Å². The van der Waals surface area contributed by atoms with Crippen LogP contribution in [0, 0.1) is 0 Å². The topological polar surface area (TPSA) is 96.0 Å². The SMILES string of the molecule is CCc1nc(C(=O)N2CCSCC2S(=O)(=O)CC)n[nH]1. The van der Waals surface area contributed by atoms with Gasteiger partial charge in [-0.1, -0.05) is 13.8 Å². The molecule has 7 nitrogen and oxygen atoms in total. The lowest BCUT2D eigenvalue weighted by Gasteiger charge is -2.33. The van der Waals surface area contributed by atoms with Gasteiger partial charge >= 0.3 is 0 Å². The predicted molar refractivity (Wildman–Crippen MR) is 77.4 cm³/mol. The van der Waals surface area contributed by atoms with Gasteiger partial charge in [0, 0.05) is 30.2 Å². The van der Waals surface area contributed by atoms with E-state index in [0.29, 0.717) is 24.5 Å². The Morgan fingerprint density at radius 1 is 1.50 bits per heavy atom. The number of hydrogen-bond acceptors (Lipinski definition) is 6. The maximum atomic E-state index is 12.4. The summed E-state index contributed by atoms with van der Waals surface area (Å²) >= 11 is 1.55. The fourth-order valence-electron chi connectivity index (χ4n) is 1.98. The number of nitrogens with zero attached hydrogens (tertiary/aromatic N) is 3. The summed E-state index contributed by atoms with van der Waals surface area (Å²) in [5, 5.41) is 5.78. The molecule has 1 aromatic rings. The number of amides is 1. The first kappa shape index (κ1) is 15.3. The van der Waals surface area contributed by atoms with Gasteiger partial charge < -0.3 is 4.90 Å². The van der Waals surface area contributed by atoms with Gasteiger partial charge in [0.1, 0.15) is 11.2 Å². The molecule has 1 aliphatic heterocycles. The molecule has 0 aliphatic carbocycles. The summed E-state index contributed by atoms with van der Waals surface area (Å²) in [5.41, 5.74) is 0. The highest BCUT2D eigenvalue weighted by atomic mass is 32.2. The minimum atomic E-state index is -3.30. The van der Waals surface area contributed by atoms with Crippen LogP contribution >= 0.6 is 11.8 Å². The van der Waals surface area contributed by atoms with Gasteiger partial charge in [-0.3, -0.25) is 9.89 Å². The number of thioether (sulfide) groups is 1. The smallest absolute Gasteiger partial charge is 0.294 e. The lowest BCUT2D eigenvalue weighted by atomic mass is 10.4. The first-order valence-electron chi connectivity index (χ1n) is 6.51. The molecule has 112 valence electrons. The van der Waals surface area contributed by atoms with E-state index in [9.17, 15) is 13.2 Å². The summed E-state index contributed by atoms with van der Waals surface area (Å²) in [6.07, 6.45) is 0.646. The largest absolute Gasteiger partial charge is 0.317 e. The van der Waals surface area contributed by atoms with Crippen molar-refractivity contribution in [1.82, 2.24) is 20.1 Å². The first-order valence-corrected chi connectivity index (χ1v) is 9.38. The average molecular weight is 318 g/mol. The van der Waals surface area contributed by atoms with E-state index in [-0.39, 0.29) is 11.6 Å². The molecule has 20 heavy (non-hydrogen) atoms. The van der Waals surface area contributed by atoms with E-state index in [1.807, 2.05) is 6.92 Å². The summed E-state index contributed by atoms with van der Waals surface area (Å²) < 4.78 is 24.2. The van der Waals surface area contributed by atoms with Gasteiger partial charge in [0.05, 0.1) is 0 Å². The predicted octanol–water partition coefficient (Wildman–Crippen LogP) is 0.317. The van der Waals surface area contributed by atoms with Gasteiger partial charge in [-0.25, -0.2) is 13.4 Å². The number of nitrogens with one attached hydrogen (secondary N) is 1. The van der Waals surface area contributed by atoms with Gasteiger partial charge in [0.2, 0.25) is 5.82 Å². The van der Waals surface area contributed by atoms with Crippen LogP contribution in [0.4, 0.5) is 0 Å². The molecule has 1 aliphatic rings. The molecule has 0 spiro atoms. The van der Waals surface area contributed by atoms with E-state index in [4.69, 9.17) is 0 Å². The summed E-state index contributed by atoms with van der Waals surface area (Å²) in [6, 6.07) is 0. The van der Waals surface area contributed by atoms with Crippen molar-refractivity contribution >= 4 is 27.5 Å². The van der Waals surface area contributed by atoms with Crippen molar-refractivity contribution in [2.24, 2.45) is 0 Å². The molecule has 0 bridgehead atoms. The second kappa shape index (κ2) is 6.13. The number of carbonyl (C=O) groups excluding carboxylic acids is 1. The van der Waals surface area contributed by atoms with E-state index in [1.165, 1.54) is 4.90 Å². The molecular weight excluding hydrogens is 300 g/mol. The van der Waals surface area contributed by atoms with Gasteiger partial charge in [-0.2, -0.15) is 11.8 Å². The Bertz CT molecular complexity index is 584. The van der Waals surface area contributed by atoms with E-state index in [0.717, 1.165) is 5.75 Å². The molecule has 0 radical (unpaired) electrons. The van der Waals surface area contributed by atoms with Crippen LogP contribution in [0.5, 0.6) is 0 Å². The lowest BCUT2D eigenvalue weighted by Crippen LogP contribution is -2.50.